The van der Waals surface area contributed by atoms with Crippen LogP contribution in [0.1, 0.15) is 28.0 Å². The zero-order chi connectivity index (χ0) is 27.2. The molecule has 0 spiro atoms. The van der Waals surface area contributed by atoms with Crippen LogP contribution in [0.5, 0.6) is 17.2 Å². The molecule has 0 radical (unpaired) electrons. The Morgan fingerprint density at radius 3 is 2.59 bits per heavy atom. The molecular formula is C29H30N4O6. The molecule has 39 heavy (non-hydrogen) atoms. The standard InChI is InChI=1S/C29H30N4O6/c1-37-25-14-19-7-11-24(25)38-18-28(35)31-15-20-5-9-21(10-6-20)39-26-17-33(16-23(26)32-27(34)12-8-19)29(36)22-4-2-3-13-30-22/h2-7,9-11,13-14,23,26H,8,12,15-18H2,1H3,(H,31,35)(H,32,34)/t23-,26-/m0/s1. The van der Waals surface area contributed by atoms with Crippen molar-refractivity contribution in [3.05, 3.63) is 83.7 Å². The summed E-state index contributed by atoms with van der Waals surface area (Å²) in [6.07, 6.45) is 1.83. The van der Waals surface area contributed by atoms with E-state index >= 15 is 0 Å². The number of hydrogen-bond acceptors (Lipinski definition) is 7. The van der Waals surface area contributed by atoms with Crippen molar-refractivity contribution in [3.8, 4) is 17.2 Å². The van der Waals surface area contributed by atoms with Crippen molar-refractivity contribution >= 4 is 17.7 Å². The number of nitrogens with one attached hydrogen (secondary N) is 2. The molecule has 8 rings (SSSR count). The summed E-state index contributed by atoms with van der Waals surface area (Å²) in [6.45, 7) is 0.774. The van der Waals surface area contributed by atoms with Crippen molar-refractivity contribution in [2.45, 2.75) is 31.5 Å². The maximum atomic E-state index is 13.1. The molecule has 1 aromatic heterocycles. The molecular weight excluding hydrogens is 500 g/mol. The summed E-state index contributed by atoms with van der Waals surface area (Å²) >= 11 is 0. The highest BCUT2D eigenvalue weighted by molar-refractivity contribution is 5.92. The average Bonchev–Trinajstić information content (AvgIpc) is 3.35. The van der Waals surface area contributed by atoms with Crippen LogP contribution in [0.25, 0.3) is 0 Å². The van der Waals surface area contributed by atoms with E-state index in [4.69, 9.17) is 14.2 Å². The van der Waals surface area contributed by atoms with Crippen LogP contribution in [0.3, 0.4) is 0 Å². The van der Waals surface area contributed by atoms with E-state index in [1.165, 1.54) is 7.11 Å². The summed E-state index contributed by atoms with van der Waals surface area (Å²) in [5, 5.41) is 5.91. The van der Waals surface area contributed by atoms with Crippen molar-refractivity contribution in [1.82, 2.24) is 20.5 Å². The second kappa shape index (κ2) is 11.8. The predicted octanol–water partition coefficient (Wildman–Crippen LogP) is 2.12. The minimum atomic E-state index is -0.450. The molecule has 1 saturated heterocycles. The number of likely N-dealkylation sites (tertiary alicyclic amines) is 1. The fourth-order valence-corrected chi connectivity index (χ4v) is 4.63. The highest BCUT2D eigenvalue weighted by Gasteiger charge is 2.38. The van der Waals surface area contributed by atoms with Gasteiger partial charge in [0.15, 0.2) is 18.1 Å². The lowest BCUT2D eigenvalue weighted by atomic mass is 10.1. The van der Waals surface area contributed by atoms with E-state index in [0.717, 1.165) is 11.1 Å². The van der Waals surface area contributed by atoms with Gasteiger partial charge < -0.3 is 29.7 Å². The number of aromatic nitrogens is 1. The van der Waals surface area contributed by atoms with Gasteiger partial charge in [-0.05, 0) is 53.9 Å². The second-order valence-electron chi connectivity index (χ2n) is 9.45. The third-order valence-corrected chi connectivity index (χ3v) is 6.71. The van der Waals surface area contributed by atoms with Gasteiger partial charge in [0.2, 0.25) is 5.91 Å². The normalized spacial score (nSPS) is 19.8. The number of ether oxygens (including phenoxy) is 3. The predicted molar refractivity (Wildman–Crippen MR) is 142 cm³/mol. The Hall–Kier alpha value is -4.60. The number of methoxy groups -OCH3 is 1. The zero-order valence-electron chi connectivity index (χ0n) is 21.6. The van der Waals surface area contributed by atoms with Crippen molar-refractivity contribution in [2.75, 3.05) is 26.8 Å². The summed E-state index contributed by atoms with van der Waals surface area (Å²) in [7, 11) is 1.53. The minimum Gasteiger partial charge on any atom is -0.493 e. The molecule has 2 aromatic carbocycles. The first-order valence-corrected chi connectivity index (χ1v) is 12.8. The molecule has 2 N–H and O–H groups in total. The third-order valence-electron chi connectivity index (χ3n) is 6.71. The first kappa shape index (κ1) is 26.0. The van der Waals surface area contributed by atoms with Gasteiger partial charge in [-0.1, -0.05) is 24.3 Å². The Kier molecular flexibility index (Phi) is 7.91. The van der Waals surface area contributed by atoms with Crippen LogP contribution >= 0.6 is 0 Å². The van der Waals surface area contributed by atoms with Crippen LogP contribution in [-0.4, -0.2) is 66.6 Å². The molecule has 2 atom stereocenters. The molecule has 5 aliphatic heterocycles. The number of amides is 3. The van der Waals surface area contributed by atoms with Crippen LogP contribution in [-0.2, 0) is 22.6 Å². The van der Waals surface area contributed by atoms with Crippen molar-refractivity contribution in [2.24, 2.45) is 0 Å². The van der Waals surface area contributed by atoms with E-state index in [1.807, 2.05) is 30.3 Å². The Labute approximate surface area is 226 Å². The van der Waals surface area contributed by atoms with Gasteiger partial charge in [-0.2, -0.15) is 0 Å². The van der Waals surface area contributed by atoms with E-state index in [9.17, 15) is 14.4 Å². The van der Waals surface area contributed by atoms with Gasteiger partial charge in [0.1, 0.15) is 17.5 Å². The molecule has 6 heterocycles. The number of hydrogen-bond donors (Lipinski definition) is 2. The zero-order valence-corrected chi connectivity index (χ0v) is 21.6. The molecule has 10 nitrogen and oxygen atoms in total. The van der Waals surface area contributed by atoms with Gasteiger partial charge in [-0.25, -0.2) is 0 Å². The smallest absolute Gasteiger partial charge is 0.272 e. The third kappa shape index (κ3) is 6.46. The molecule has 0 saturated carbocycles. The minimum absolute atomic E-state index is 0.151. The van der Waals surface area contributed by atoms with E-state index in [2.05, 4.69) is 15.6 Å². The van der Waals surface area contributed by atoms with E-state index in [0.29, 0.717) is 49.0 Å². The maximum absolute atomic E-state index is 13.1. The number of benzene rings is 2. The SMILES string of the molecule is COc1cc2ccc1OCC(=O)NCc1ccc(cc1)O[C@H]1CN(C(=O)c3ccccn3)C[C@@H]1NC(=O)CC2. The Morgan fingerprint density at radius 2 is 1.82 bits per heavy atom. The molecule has 0 unspecified atom stereocenters. The second-order valence-corrected chi connectivity index (χ2v) is 9.45. The summed E-state index contributed by atoms with van der Waals surface area (Å²) in [5.74, 6) is 0.903. The fraction of sp³-hybridized carbons (Fsp3) is 0.310. The van der Waals surface area contributed by atoms with Gasteiger partial charge in [0.25, 0.3) is 11.8 Å². The van der Waals surface area contributed by atoms with E-state index in [-0.39, 0.29) is 30.7 Å². The Morgan fingerprint density at radius 1 is 1.00 bits per heavy atom. The largest absolute Gasteiger partial charge is 0.493 e. The Bertz CT molecular complexity index is 1330. The summed E-state index contributed by atoms with van der Waals surface area (Å²) in [6, 6.07) is 17.5. The van der Waals surface area contributed by atoms with Crippen LogP contribution in [0.4, 0.5) is 0 Å². The molecule has 10 heteroatoms. The number of pyridine rings is 1. The lowest BCUT2D eigenvalue weighted by Gasteiger charge is -2.21. The highest BCUT2D eigenvalue weighted by atomic mass is 16.5. The van der Waals surface area contributed by atoms with Crippen LogP contribution in [0, 0.1) is 0 Å². The number of carbonyl (C=O) groups is 3. The average molecular weight is 531 g/mol. The summed E-state index contributed by atoms with van der Waals surface area (Å²) in [4.78, 5) is 44.2. The van der Waals surface area contributed by atoms with Gasteiger partial charge in [-0.3, -0.25) is 19.4 Å². The number of carbonyl (C=O) groups excluding carboxylic acids is 3. The molecule has 1 fully saturated rings. The quantitative estimate of drug-likeness (QED) is 0.521. The topological polar surface area (TPSA) is 119 Å². The van der Waals surface area contributed by atoms with Crippen LogP contribution in [0.2, 0.25) is 0 Å². The summed E-state index contributed by atoms with van der Waals surface area (Å²) < 4.78 is 17.4. The van der Waals surface area contributed by atoms with Gasteiger partial charge >= 0.3 is 0 Å². The van der Waals surface area contributed by atoms with Crippen LogP contribution < -0.4 is 24.8 Å². The van der Waals surface area contributed by atoms with Gasteiger partial charge in [-0.15, -0.1) is 0 Å². The molecule has 3 aromatic rings. The van der Waals surface area contributed by atoms with Gasteiger partial charge in [0, 0.05) is 25.7 Å². The molecule has 4 bridgehead atoms. The molecule has 202 valence electrons. The summed E-state index contributed by atoms with van der Waals surface area (Å²) in [5.41, 5.74) is 2.11. The van der Waals surface area contributed by atoms with Crippen molar-refractivity contribution in [1.29, 1.82) is 0 Å². The van der Waals surface area contributed by atoms with Crippen molar-refractivity contribution in [3.63, 3.8) is 0 Å². The highest BCUT2D eigenvalue weighted by Crippen LogP contribution is 2.29. The lowest BCUT2D eigenvalue weighted by molar-refractivity contribution is -0.123. The van der Waals surface area contributed by atoms with Gasteiger partial charge in [0.05, 0.1) is 19.7 Å². The fourth-order valence-electron chi connectivity index (χ4n) is 4.63. The van der Waals surface area contributed by atoms with Crippen molar-refractivity contribution < 1.29 is 28.6 Å². The number of aryl methyl sites for hydroxylation is 1. The van der Waals surface area contributed by atoms with E-state index in [1.54, 1.807) is 41.4 Å². The first-order chi connectivity index (χ1) is 19.0. The lowest BCUT2D eigenvalue weighted by Crippen LogP contribution is -2.45. The Balaban J connectivity index is 1.37. The monoisotopic (exact) mass is 530 g/mol. The molecule has 5 aliphatic rings. The number of rotatable bonds is 2. The van der Waals surface area contributed by atoms with E-state index < -0.39 is 12.1 Å². The molecule has 3 amide bonds. The molecule has 0 aliphatic carbocycles. The van der Waals surface area contributed by atoms with Crippen LogP contribution in [0.15, 0.2) is 66.9 Å². The maximum Gasteiger partial charge on any atom is 0.272 e. The number of nitrogens with zero attached hydrogens (tertiary/aromatic N) is 2. The first-order valence-electron chi connectivity index (χ1n) is 12.8.